The molecule has 0 spiro atoms. The van der Waals surface area contributed by atoms with E-state index in [0.29, 0.717) is 20.7 Å². The van der Waals surface area contributed by atoms with E-state index in [-0.39, 0.29) is 0 Å². The minimum atomic E-state index is -0.609. The fourth-order valence-electron chi connectivity index (χ4n) is 0.402. The zero-order chi connectivity index (χ0) is 5.11. The van der Waals surface area contributed by atoms with E-state index in [1.807, 2.05) is 0 Å². The first-order chi connectivity index (χ1) is 3.39. The first-order valence-corrected chi connectivity index (χ1v) is 9.19. The van der Waals surface area contributed by atoms with E-state index < -0.39 is 14.2 Å². The van der Waals surface area contributed by atoms with E-state index in [2.05, 4.69) is 23.5 Å². The summed E-state index contributed by atoms with van der Waals surface area (Å²) in [6.07, 6.45) is 2.25. The van der Waals surface area contributed by atoms with Gasteiger partial charge >= 0.3 is 58.4 Å². The Morgan fingerprint density at radius 2 is 2.43 bits per heavy atom. The molecule has 0 saturated carbocycles. The third-order valence-electron chi connectivity index (χ3n) is 0.740. The topological polar surface area (TPSA) is 0 Å². The minimum absolute atomic E-state index is 0.412. The van der Waals surface area contributed by atoms with E-state index in [4.69, 9.17) is 0 Å². The number of allylic oxidation sites excluding steroid dienone is 1. The number of hydrogen-bond donors (Lipinski definition) is 0. The molecule has 2 heteroatoms. The third kappa shape index (κ3) is 2.00. The summed E-state index contributed by atoms with van der Waals surface area (Å²) in [6.45, 7) is 0. The molecule has 1 rings (SSSR count). The molecule has 0 fully saturated rings. The zero-order valence-corrected chi connectivity index (χ0v) is 8.44. The normalized spacial score (nSPS) is 28.4. The monoisotopic (exact) mass is 270 g/mol. The molecule has 0 aliphatic carbocycles. The molecular weight excluding hydrogens is 262 g/mol. The molecule has 40 valence electrons. The predicted molar refractivity (Wildman–Crippen MR) is 48.3 cm³/mol. The van der Waals surface area contributed by atoms with Gasteiger partial charge in [-0.05, 0) is 0 Å². The van der Waals surface area contributed by atoms with Crippen molar-refractivity contribution in [2.45, 2.75) is 5.71 Å². The molecule has 0 aromatic rings. The standard InChI is InChI=1S/C5H8AsI/c1-6-3-2-4-7-5-6/h2-6H,1H3. The summed E-state index contributed by atoms with van der Waals surface area (Å²) in [4.78, 5) is 2.39. The number of halogens is 1. The van der Waals surface area contributed by atoms with Crippen molar-refractivity contribution >= 4 is 42.5 Å². The zero-order valence-electron chi connectivity index (χ0n) is 4.19. The summed E-state index contributed by atoms with van der Waals surface area (Å²) in [6, 6.07) is 0. The van der Waals surface area contributed by atoms with Crippen molar-refractivity contribution in [1.29, 1.82) is 0 Å². The van der Waals surface area contributed by atoms with E-state index in [1.54, 1.807) is 0 Å². The second kappa shape index (κ2) is 2.93. The van der Waals surface area contributed by atoms with Crippen molar-refractivity contribution in [3.63, 3.8) is 0 Å². The summed E-state index contributed by atoms with van der Waals surface area (Å²) in [5.74, 6) is 0. The van der Waals surface area contributed by atoms with Crippen LogP contribution in [0.15, 0.2) is 10.2 Å². The average molecular weight is 270 g/mol. The Kier molecular flexibility index (Phi) is 2.47. The molecule has 1 atom stereocenters. The van der Waals surface area contributed by atoms with Crippen LogP contribution in [0.4, 0.5) is 0 Å². The first kappa shape index (κ1) is 5.90. The average Bonchev–Trinajstić information content (AvgIpc) is 1.69. The molecule has 1 aliphatic rings. The van der Waals surface area contributed by atoms with E-state index in [1.165, 1.54) is 0 Å². The molecule has 0 amide bonds. The van der Waals surface area contributed by atoms with Gasteiger partial charge in [-0.25, -0.2) is 0 Å². The maximum absolute atomic E-state index is 2.57. The van der Waals surface area contributed by atoms with Gasteiger partial charge in [-0.1, -0.05) is 0 Å². The van der Waals surface area contributed by atoms with E-state index >= 15 is 0 Å². The Bertz CT molecular complexity index is 144. The molecule has 0 bridgehead atoms. The van der Waals surface area contributed by atoms with Gasteiger partial charge < -0.3 is 0 Å². The van der Waals surface area contributed by atoms with Crippen LogP contribution in [0.5, 0.6) is 0 Å². The van der Waals surface area contributed by atoms with Crippen molar-refractivity contribution in [3.8, 4) is 0 Å². The van der Waals surface area contributed by atoms with E-state index in [0.717, 1.165) is 0 Å². The Morgan fingerprint density at radius 3 is 2.71 bits per heavy atom. The van der Waals surface area contributed by atoms with Gasteiger partial charge in [0.2, 0.25) is 0 Å². The summed E-state index contributed by atoms with van der Waals surface area (Å²) in [7, 11) is 0. The van der Waals surface area contributed by atoms with Gasteiger partial charge in [-0.3, -0.25) is 0 Å². The molecule has 1 aliphatic heterocycles. The maximum atomic E-state index is 2.57. The number of rotatable bonds is 0. The second-order valence-corrected chi connectivity index (χ2v) is 10.4. The van der Waals surface area contributed by atoms with Crippen molar-refractivity contribution in [2.75, 3.05) is 0 Å². The van der Waals surface area contributed by atoms with Gasteiger partial charge in [-0.15, -0.1) is 0 Å². The van der Waals surface area contributed by atoms with Gasteiger partial charge in [0.15, 0.2) is 0 Å². The second-order valence-electron chi connectivity index (χ2n) is 1.46. The van der Waals surface area contributed by atoms with Crippen LogP contribution in [0.2, 0.25) is 5.71 Å². The van der Waals surface area contributed by atoms with Crippen molar-refractivity contribution in [1.82, 2.24) is 0 Å². The summed E-state index contributed by atoms with van der Waals surface area (Å²) in [5, 5.41) is 0. The van der Waals surface area contributed by atoms with Gasteiger partial charge in [0.25, 0.3) is 0 Å². The Labute approximate surface area is 58.2 Å². The molecule has 1 heterocycles. The van der Waals surface area contributed by atoms with Crippen LogP contribution in [0.1, 0.15) is 0 Å². The molecule has 1 unspecified atom stereocenters. The Balaban J connectivity index is 2.82. The summed E-state index contributed by atoms with van der Waals surface area (Å²) in [5.41, 5.74) is 2.39. The number of hydrogen-bond acceptors (Lipinski definition) is 0. The van der Waals surface area contributed by atoms with Crippen LogP contribution in [0, 0.1) is 0 Å². The fraction of sp³-hybridized carbons (Fsp3) is 0.200. The third-order valence-corrected chi connectivity index (χ3v) is 11.0. The molecule has 0 aromatic carbocycles. The fourth-order valence-corrected chi connectivity index (χ4v) is 8.34. The van der Waals surface area contributed by atoms with Crippen LogP contribution in [-0.4, -0.2) is 21.8 Å². The van der Waals surface area contributed by atoms with Crippen molar-refractivity contribution in [2.24, 2.45) is 0 Å². The Morgan fingerprint density at radius 1 is 1.57 bits per heavy atom. The van der Waals surface area contributed by atoms with Gasteiger partial charge in [0, 0.05) is 0 Å². The van der Waals surface area contributed by atoms with Gasteiger partial charge in [-0.2, -0.15) is 0 Å². The molecule has 0 saturated heterocycles. The van der Waals surface area contributed by atoms with Crippen LogP contribution in [-0.2, 0) is 0 Å². The van der Waals surface area contributed by atoms with Crippen LogP contribution >= 0.6 is 20.7 Å². The molecule has 0 aromatic heterocycles. The van der Waals surface area contributed by atoms with Crippen LogP contribution < -0.4 is 0 Å². The molecule has 0 nitrogen and oxygen atoms in total. The summed E-state index contributed by atoms with van der Waals surface area (Å²) < 4.78 is 4.89. The molecule has 0 radical (unpaired) electrons. The van der Waals surface area contributed by atoms with Crippen LogP contribution in [0.25, 0.3) is 0 Å². The summed E-state index contributed by atoms with van der Waals surface area (Å²) >= 11 is -0.197. The van der Waals surface area contributed by atoms with E-state index in [9.17, 15) is 0 Å². The first-order valence-electron chi connectivity index (χ1n) is 2.18. The predicted octanol–water partition coefficient (Wildman–Crippen LogP) is 1.07. The Hall–Kier alpha value is 0.768. The van der Waals surface area contributed by atoms with Gasteiger partial charge in [0.1, 0.15) is 0 Å². The SMILES string of the molecule is C[AsH]1=CC=CI=C1. The van der Waals surface area contributed by atoms with Crippen molar-refractivity contribution in [3.05, 3.63) is 10.2 Å². The molecular formula is C5H8AsI. The van der Waals surface area contributed by atoms with Crippen molar-refractivity contribution < 1.29 is 0 Å². The van der Waals surface area contributed by atoms with Crippen LogP contribution in [0.3, 0.4) is 0 Å². The molecule has 7 heavy (non-hydrogen) atoms. The van der Waals surface area contributed by atoms with Gasteiger partial charge in [0.05, 0.1) is 0 Å². The molecule has 0 N–H and O–H groups in total. The quantitative estimate of drug-likeness (QED) is 0.456.